The predicted octanol–water partition coefficient (Wildman–Crippen LogP) is 2.59. The highest BCUT2D eigenvalue weighted by molar-refractivity contribution is 6.01. The van der Waals surface area contributed by atoms with Gasteiger partial charge >= 0.3 is 5.97 Å². The van der Waals surface area contributed by atoms with Gasteiger partial charge < -0.3 is 4.84 Å². The van der Waals surface area contributed by atoms with Gasteiger partial charge in [0.1, 0.15) is 0 Å². The molecule has 0 aromatic heterocycles. The van der Waals surface area contributed by atoms with Crippen LogP contribution in [-0.2, 0) is 19.2 Å². The van der Waals surface area contributed by atoms with Gasteiger partial charge in [-0.2, -0.15) is 0 Å². The number of imide groups is 1. The van der Waals surface area contributed by atoms with Crippen molar-refractivity contribution in [2.75, 3.05) is 0 Å². The second kappa shape index (κ2) is 7.92. The number of amides is 2. The zero-order valence-corrected chi connectivity index (χ0v) is 11.8. The van der Waals surface area contributed by atoms with Gasteiger partial charge in [-0.1, -0.05) is 46.0 Å². The molecule has 0 N–H and O–H groups in total. The monoisotopic (exact) mass is 269 g/mol. The molecule has 1 rings (SSSR count). The zero-order chi connectivity index (χ0) is 14.3. The van der Waals surface area contributed by atoms with Crippen LogP contribution in [0.15, 0.2) is 0 Å². The molecule has 2 amide bonds. The van der Waals surface area contributed by atoms with Crippen molar-refractivity contribution < 1.29 is 19.2 Å². The van der Waals surface area contributed by atoms with Crippen molar-refractivity contribution in [2.45, 2.75) is 65.2 Å². The third-order valence-corrected chi connectivity index (χ3v) is 3.33. The van der Waals surface area contributed by atoms with Crippen LogP contribution in [0.4, 0.5) is 0 Å². The fraction of sp³-hybridized carbons (Fsp3) is 0.786. The molecule has 5 nitrogen and oxygen atoms in total. The van der Waals surface area contributed by atoms with Crippen molar-refractivity contribution in [2.24, 2.45) is 5.92 Å². The summed E-state index contributed by atoms with van der Waals surface area (Å²) in [4.78, 5) is 39.2. The van der Waals surface area contributed by atoms with Gasteiger partial charge in [0.25, 0.3) is 11.8 Å². The third kappa shape index (κ3) is 5.01. The minimum absolute atomic E-state index is 0.136. The van der Waals surface area contributed by atoms with E-state index in [4.69, 9.17) is 4.84 Å². The van der Waals surface area contributed by atoms with E-state index < -0.39 is 17.8 Å². The van der Waals surface area contributed by atoms with Crippen LogP contribution in [0.3, 0.4) is 0 Å². The molecule has 1 unspecified atom stereocenters. The first-order chi connectivity index (χ1) is 9.06. The standard InChI is InChI=1S/C14H23NO4/c1-3-4-5-6-7-8-11(2)14(18)19-15-12(16)9-10-13(15)17/h11H,3-10H2,1-2H3. The van der Waals surface area contributed by atoms with E-state index in [0.717, 1.165) is 19.3 Å². The molecule has 1 atom stereocenters. The van der Waals surface area contributed by atoms with Crippen molar-refractivity contribution in [1.82, 2.24) is 5.06 Å². The van der Waals surface area contributed by atoms with E-state index in [2.05, 4.69) is 6.92 Å². The van der Waals surface area contributed by atoms with E-state index in [1.807, 2.05) is 0 Å². The lowest BCUT2D eigenvalue weighted by molar-refractivity contribution is -0.200. The molecule has 0 radical (unpaired) electrons. The predicted molar refractivity (Wildman–Crippen MR) is 69.7 cm³/mol. The number of hydrogen-bond acceptors (Lipinski definition) is 4. The van der Waals surface area contributed by atoms with Crippen LogP contribution in [0.25, 0.3) is 0 Å². The second-order valence-corrected chi connectivity index (χ2v) is 5.10. The van der Waals surface area contributed by atoms with E-state index >= 15 is 0 Å². The van der Waals surface area contributed by atoms with Crippen molar-refractivity contribution in [3.63, 3.8) is 0 Å². The molecule has 1 fully saturated rings. The first-order valence-electron chi connectivity index (χ1n) is 7.13. The lowest BCUT2D eigenvalue weighted by atomic mass is 10.0. The molecule has 0 bridgehead atoms. The van der Waals surface area contributed by atoms with Crippen LogP contribution in [-0.4, -0.2) is 22.8 Å². The highest BCUT2D eigenvalue weighted by Crippen LogP contribution is 2.17. The quantitative estimate of drug-likeness (QED) is 0.502. The molecule has 5 heteroatoms. The number of hydroxylamine groups is 2. The van der Waals surface area contributed by atoms with Crippen molar-refractivity contribution in [3.05, 3.63) is 0 Å². The van der Waals surface area contributed by atoms with Gasteiger partial charge in [-0.05, 0) is 6.42 Å². The number of carbonyl (C=O) groups excluding carboxylic acids is 3. The van der Waals surface area contributed by atoms with Gasteiger partial charge in [-0.15, -0.1) is 5.06 Å². The topological polar surface area (TPSA) is 63.7 Å². The average molecular weight is 269 g/mol. The van der Waals surface area contributed by atoms with E-state index in [9.17, 15) is 14.4 Å². The van der Waals surface area contributed by atoms with E-state index in [1.165, 1.54) is 19.3 Å². The summed E-state index contributed by atoms with van der Waals surface area (Å²) in [5, 5.41) is 0.621. The molecule has 1 saturated heterocycles. The number of unbranched alkanes of at least 4 members (excludes halogenated alkanes) is 4. The van der Waals surface area contributed by atoms with Crippen molar-refractivity contribution in [1.29, 1.82) is 0 Å². The summed E-state index contributed by atoms with van der Waals surface area (Å²) in [6, 6.07) is 0. The van der Waals surface area contributed by atoms with E-state index in [1.54, 1.807) is 6.92 Å². The Kier molecular flexibility index (Phi) is 6.53. The first-order valence-corrected chi connectivity index (χ1v) is 7.13. The summed E-state index contributed by atoms with van der Waals surface area (Å²) in [5.41, 5.74) is 0. The van der Waals surface area contributed by atoms with Crippen LogP contribution in [0.5, 0.6) is 0 Å². The maximum Gasteiger partial charge on any atom is 0.335 e. The maximum absolute atomic E-state index is 11.7. The number of carbonyl (C=O) groups is 3. The minimum Gasteiger partial charge on any atom is -0.330 e. The molecule has 0 aromatic carbocycles. The SMILES string of the molecule is CCCCCCCC(C)C(=O)ON1C(=O)CCC1=O. The summed E-state index contributed by atoms with van der Waals surface area (Å²) in [6.07, 6.45) is 6.67. The molecule has 0 spiro atoms. The summed E-state index contributed by atoms with van der Waals surface area (Å²) >= 11 is 0. The minimum atomic E-state index is -0.487. The third-order valence-electron chi connectivity index (χ3n) is 3.33. The molecule has 0 saturated carbocycles. The summed E-state index contributed by atoms with van der Waals surface area (Å²) in [7, 11) is 0. The highest BCUT2D eigenvalue weighted by atomic mass is 16.7. The lowest BCUT2D eigenvalue weighted by Crippen LogP contribution is -2.34. The summed E-state index contributed by atoms with van der Waals surface area (Å²) in [5.74, 6) is -1.61. The first kappa shape index (κ1) is 15.7. The number of rotatable bonds is 8. The van der Waals surface area contributed by atoms with Crippen LogP contribution >= 0.6 is 0 Å². The molecular weight excluding hydrogens is 246 g/mol. The summed E-state index contributed by atoms with van der Waals surface area (Å²) < 4.78 is 0. The normalized spacial score (nSPS) is 16.8. The van der Waals surface area contributed by atoms with Gasteiger partial charge in [0.05, 0.1) is 5.92 Å². The van der Waals surface area contributed by atoms with Gasteiger partial charge in [0.15, 0.2) is 0 Å². The Morgan fingerprint density at radius 3 is 2.32 bits per heavy atom. The van der Waals surface area contributed by atoms with Gasteiger partial charge in [-0.3, -0.25) is 9.59 Å². The maximum atomic E-state index is 11.7. The average Bonchev–Trinajstić information content (AvgIpc) is 2.70. The molecule has 1 heterocycles. The Hall–Kier alpha value is -1.39. The van der Waals surface area contributed by atoms with Crippen LogP contribution in [0.2, 0.25) is 0 Å². The van der Waals surface area contributed by atoms with E-state index in [0.29, 0.717) is 5.06 Å². The Labute approximate surface area is 114 Å². The van der Waals surface area contributed by atoms with Gasteiger partial charge in [-0.25, -0.2) is 4.79 Å². The fourth-order valence-corrected chi connectivity index (χ4v) is 2.01. The molecule has 0 aromatic rings. The van der Waals surface area contributed by atoms with Crippen molar-refractivity contribution >= 4 is 17.8 Å². The molecule has 1 aliphatic heterocycles. The fourth-order valence-electron chi connectivity index (χ4n) is 2.01. The Balaban J connectivity index is 2.24. The number of hydrogen-bond donors (Lipinski definition) is 0. The molecule has 1 aliphatic rings. The Morgan fingerprint density at radius 2 is 1.74 bits per heavy atom. The number of nitrogens with zero attached hydrogens (tertiary/aromatic N) is 1. The molecule has 19 heavy (non-hydrogen) atoms. The molecular formula is C14H23NO4. The van der Waals surface area contributed by atoms with Gasteiger partial charge in [0, 0.05) is 12.8 Å². The van der Waals surface area contributed by atoms with Crippen molar-refractivity contribution in [3.8, 4) is 0 Å². The van der Waals surface area contributed by atoms with Crippen LogP contribution in [0, 0.1) is 5.92 Å². The van der Waals surface area contributed by atoms with Crippen LogP contribution in [0.1, 0.15) is 65.2 Å². The van der Waals surface area contributed by atoms with Crippen LogP contribution < -0.4 is 0 Å². The molecule has 0 aliphatic carbocycles. The largest absolute Gasteiger partial charge is 0.335 e. The lowest BCUT2D eigenvalue weighted by Gasteiger charge is -2.16. The Morgan fingerprint density at radius 1 is 1.16 bits per heavy atom. The molecule has 108 valence electrons. The van der Waals surface area contributed by atoms with Gasteiger partial charge in [0.2, 0.25) is 0 Å². The highest BCUT2D eigenvalue weighted by Gasteiger charge is 2.33. The zero-order valence-electron chi connectivity index (χ0n) is 11.8. The smallest absolute Gasteiger partial charge is 0.330 e. The van der Waals surface area contributed by atoms with E-state index in [-0.39, 0.29) is 18.8 Å². The summed E-state index contributed by atoms with van der Waals surface area (Å²) in [6.45, 7) is 3.93. The second-order valence-electron chi connectivity index (χ2n) is 5.10. The Bertz CT molecular complexity index is 324.